The average Bonchev–Trinajstić information content (AvgIpc) is 3.07. The highest BCUT2D eigenvalue weighted by molar-refractivity contribution is 8.00. The van der Waals surface area contributed by atoms with E-state index in [9.17, 15) is 4.79 Å². The SMILES string of the molecule is Cc1cccc(Nc2nnc(SCc3cc(=O)n4ccccc4n3)s2)c1. The molecule has 26 heavy (non-hydrogen) atoms. The lowest BCUT2D eigenvalue weighted by atomic mass is 10.2. The molecule has 0 bridgehead atoms. The Morgan fingerprint density at radius 2 is 2.08 bits per heavy atom. The predicted octanol–water partition coefficient (Wildman–Crippen LogP) is 3.89. The molecular weight excluding hydrogens is 366 g/mol. The van der Waals surface area contributed by atoms with Crippen LogP contribution in [0.15, 0.2) is 63.9 Å². The van der Waals surface area contributed by atoms with E-state index in [0.29, 0.717) is 11.4 Å². The van der Waals surface area contributed by atoms with Crippen LogP contribution in [-0.2, 0) is 5.75 Å². The molecule has 0 amide bonds. The van der Waals surface area contributed by atoms with Gasteiger partial charge in [0, 0.05) is 23.7 Å². The highest BCUT2D eigenvalue weighted by Gasteiger charge is 2.08. The van der Waals surface area contributed by atoms with Gasteiger partial charge in [0.25, 0.3) is 5.56 Å². The summed E-state index contributed by atoms with van der Waals surface area (Å²) < 4.78 is 2.36. The highest BCUT2D eigenvalue weighted by atomic mass is 32.2. The molecule has 0 aliphatic heterocycles. The maximum absolute atomic E-state index is 12.1. The number of nitrogens with one attached hydrogen (secondary N) is 1. The van der Waals surface area contributed by atoms with Gasteiger partial charge in [0.2, 0.25) is 5.13 Å². The number of rotatable bonds is 5. The third-order valence-corrected chi connectivity index (χ3v) is 5.65. The number of aromatic nitrogens is 4. The third-order valence-electron chi connectivity index (χ3n) is 3.64. The van der Waals surface area contributed by atoms with Gasteiger partial charge < -0.3 is 5.32 Å². The molecule has 6 nitrogen and oxygen atoms in total. The standard InChI is InChI=1S/C18H15N5OS2/c1-12-5-4-6-13(9-12)20-17-21-22-18(26-17)25-11-14-10-16(24)23-8-3-2-7-15(23)19-14/h2-10H,11H2,1H3,(H,20,21). The largest absolute Gasteiger partial charge is 0.330 e. The van der Waals surface area contributed by atoms with Gasteiger partial charge in [0.1, 0.15) is 5.65 Å². The number of pyridine rings is 1. The molecule has 8 heteroatoms. The second-order valence-electron chi connectivity index (χ2n) is 5.67. The zero-order valence-corrected chi connectivity index (χ0v) is 15.5. The minimum absolute atomic E-state index is 0.0785. The van der Waals surface area contributed by atoms with Crippen LogP contribution < -0.4 is 10.9 Å². The summed E-state index contributed by atoms with van der Waals surface area (Å²) >= 11 is 3.00. The number of thioether (sulfide) groups is 1. The number of anilines is 2. The van der Waals surface area contributed by atoms with Gasteiger partial charge in [-0.3, -0.25) is 9.20 Å². The topological polar surface area (TPSA) is 72.2 Å². The van der Waals surface area contributed by atoms with E-state index in [-0.39, 0.29) is 5.56 Å². The van der Waals surface area contributed by atoms with Crippen molar-refractivity contribution < 1.29 is 0 Å². The predicted molar refractivity (Wildman–Crippen MR) is 105 cm³/mol. The van der Waals surface area contributed by atoms with Crippen molar-refractivity contribution >= 4 is 39.6 Å². The first-order valence-corrected chi connectivity index (χ1v) is 9.75. The Bertz CT molecular complexity index is 1120. The number of benzene rings is 1. The molecule has 0 saturated heterocycles. The van der Waals surface area contributed by atoms with E-state index in [1.807, 2.05) is 43.3 Å². The Hall–Kier alpha value is -2.71. The molecule has 4 rings (SSSR count). The van der Waals surface area contributed by atoms with Crippen molar-refractivity contribution in [3.05, 3.63) is 76.3 Å². The molecule has 0 aliphatic carbocycles. The van der Waals surface area contributed by atoms with E-state index in [0.717, 1.165) is 20.9 Å². The van der Waals surface area contributed by atoms with Crippen LogP contribution in [0.4, 0.5) is 10.8 Å². The molecule has 130 valence electrons. The van der Waals surface area contributed by atoms with Crippen LogP contribution in [0, 0.1) is 6.92 Å². The van der Waals surface area contributed by atoms with E-state index >= 15 is 0 Å². The van der Waals surface area contributed by atoms with E-state index in [4.69, 9.17) is 0 Å². The minimum Gasteiger partial charge on any atom is -0.330 e. The van der Waals surface area contributed by atoms with Crippen molar-refractivity contribution in [3.63, 3.8) is 0 Å². The summed E-state index contributed by atoms with van der Waals surface area (Å²) in [5.41, 5.74) is 3.47. The zero-order valence-electron chi connectivity index (χ0n) is 13.9. The summed E-state index contributed by atoms with van der Waals surface area (Å²) in [4.78, 5) is 16.6. The van der Waals surface area contributed by atoms with Crippen LogP contribution >= 0.6 is 23.1 Å². The van der Waals surface area contributed by atoms with Gasteiger partial charge in [-0.25, -0.2) is 4.98 Å². The Kier molecular flexibility index (Phi) is 4.68. The molecular formula is C18H15N5OS2. The molecule has 0 unspecified atom stereocenters. The first-order chi connectivity index (χ1) is 12.7. The molecule has 3 heterocycles. The Labute approximate surface area is 158 Å². The molecule has 1 N–H and O–H groups in total. The third kappa shape index (κ3) is 3.76. The molecule has 0 spiro atoms. The summed E-state index contributed by atoms with van der Waals surface area (Å²) in [7, 11) is 0. The maximum Gasteiger partial charge on any atom is 0.258 e. The van der Waals surface area contributed by atoms with Crippen LogP contribution in [-0.4, -0.2) is 19.6 Å². The van der Waals surface area contributed by atoms with Gasteiger partial charge in [-0.2, -0.15) is 0 Å². The van der Waals surface area contributed by atoms with E-state index in [1.54, 1.807) is 12.3 Å². The average molecular weight is 381 g/mol. The van der Waals surface area contributed by atoms with Crippen molar-refractivity contribution in [2.45, 2.75) is 17.0 Å². The van der Waals surface area contributed by atoms with Gasteiger partial charge in [-0.1, -0.05) is 41.3 Å². The first-order valence-electron chi connectivity index (χ1n) is 7.95. The molecule has 0 saturated carbocycles. The van der Waals surface area contributed by atoms with E-state index in [1.165, 1.54) is 33.1 Å². The fraction of sp³-hybridized carbons (Fsp3) is 0.111. The Morgan fingerprint density at radius 1 is 1.15 bits per heavy atom. The van der Waals surface area contributed by atoms with Crippen LogP contribution in [0.1, 0.15) is 11.3 Å². The smallest absolute Gasteiger partial charge is 0.258 e. The van der Waals surface area contributed by atoms with Crippen LogP contribution in [0.25, 0.3) is 5.65 Å². The lowest BCUT2D eigenvalue weighted by Gasteiger charge is -2.02. The second kappa shape index (κ2) is 7.27. The number of hydrogen-bond donors (Lipinski definition) is 1. The Balaban J connectivity index is 1.46. The summed E-state index contributed by atoms with van der Waals surface area (Å²) in [6, 6.07) is 15.2. The molecule has 0 fully saturated rings. The lowest BCUT2D eigenvalue weighted by molar-refractivity contribution is 1.00. The van der Waals surface area contributed by atoms with E-state index < -0.39 is 0 Å². The summed E-state index contributed by atoms with van der Waals surface area (Å²) in [5, 5.41) is 12.4. The van der Waals surface area contributed by atoms with Crippen molar-refractivity contribution in [2.75, 3.05) is 5.32 Å². The van der Waals surface area contributed by atoms with E-state index in [2.05, 4.69) is 26.6 Å². The molecule has 0 radical (unpaired) electrons. The number of hydrogen-bond acceptors (Lipinski definition) is 7. The fourth-order valence-corrected chi connectivity index (χ4v) is 4.14. The molecule has 4 aromatic rings. The van der Waals surface area contributed by atoms with Crippen molar-refractivity contribution in [2.24, 2.45) is 0 Å². The summed E-state index contributed by atoms with van der Waals surface area (Å²) in [6.07, 6.45) is 1.72. The van der Waals surface area contributed by atoms with Gasteiger partial charge >= 0.3 is 0 Å². The van der Waals surface area contributed by atoms with Gasteiger partial charge in [-0.15, -0.1) is 10.2 Å². The molecule has 0 aliphatic rings. The molecule has 1 aromatic carbocycles. The molecule has 3 aromatic heterocycles. The highest BCUT2D eigenvalue weighted by Crippen LogP contribution is 2.29. The van der Waals surface area contributed by atoms with Gasteiger partial charge in [0.15, 0.2) is 4.34 Å². The van der Waals surface area contributed by atoms with Crippen molar-refractivity contribution in [1.82, 2.24) is 19.6 Å². The number of aryl methyl sites for hydroxylation is 1. The van der Waals surface area contributed by atoms with Crippen LogP contribution in [0.2, 0.25) is 0 Å². The monoisotopic (exact) mass is 381 g/mol. The Morgan fingerprint density at radius 3 is 2.96 bits per heavy atom. The number of fused-ring (bicyclic) bond motifs is 1. The maximum atomic E-state index is 12.1. The number of nitrogens with zero attached hydrogens (tertiary/aromatic N) is 4. The quantitative estimate of drug-likeness (QED) is 0.529. The van der Waals surface area contributed by atoms with Crippen molar-refractivity contribution in [1.29, 1.82) is 0 Å². The summed E-state index contributed by atoms with van der Waals surface area (Å²) in [5.74, 6) is 0.569. The van der Waals surface area contributed by atoms with Gasteiger partial charge in [-0.05, 0) is 36.8 Å². The fourth-order valence-electron chi connectivity index (χ4n) is 2.48. The lowest BCUT2D eigenvalue weighted by Crippen LogP contribution is -2.14. The second-order valence-corrected chi connectivity index (χ2v) is 7.87. The molecule has 0 atom stereocenters. The van der Waals surface area contributed by atoms with Gasteiger partial charge in [0.05, 0.1) is 5.69 Å². The normalized spacial score (nSPS) is 11.0. The summed E-state index contributed by atoms with van der Waals surface area (Å²) in [6.45, 7) is 2.05. The van der Waals surface area contributed by atoms with Crippen LogP contribution in [0.3, 0.4) is 0 Å². The first kappa shape index (κ1) is 16.7. The van der Waals surface area contributed by atoms with Crippen LogP contribution in [0.5, 0.6) is 0 Å². The zero-order chi connectivity index (χ0) is 17.9. The minimum atomic E-state index is -0.0785. The van der Waals surface area contributed by atoms with Crippen molar-refractivity contribution in [3.8, 4) is 0 Å².